The number of rotatable bonds is 1. The van der Waals surface area contributed by atoms with Crippen LogP contribution in [0.2, 0.25) is 0 Å². The van der Waals surface area contributed by atoms with E-state index in [0.717, 1.165) is 6.07 Å². The van der Waals surface area contributed by atoms with Gasteiger partial charge in [-0.25, -0.2) is 4.68 Å². The van der Waals surface area contributed by atoms with Gasteiger partial charge in [0.15, 0.2) is 11.3 Å². The van der Waals surface area contributed by atoms with Gasteiger partial charge in [-0.3, -0.25) is 14.7 Å². The summed E-state index contributed by atoms with van der Waals surface area (Å²) in [6.45, 7) is 0. The Morgan fingerprint density at radius 3 is 2.61 bits per heavy atom. The average Bonchev–Trinajstić information content (AvgIpc) is 2.67. The third-order valence-corrected chi connectivity index (χ3v) is 2.61. The van der Waals surface area contributed by atoms with E-state index in [4.69, 9.17) is 10.2 Å². The molecule has 0 aliphatic rings. The van der Waals surface area contributed by atoms with Crippen molar-refractivity contribution < 1.29 is 4.42 Å². The molecule has 3 rings (SSSR count). The quantitative estimate of drug-likeness (QED) is 0.662. The van der Waals surface area contributed by atoms with Crippen molar-refractivity contribution >= 4 is 17.0 Å². The molecular formula is C12H9N3O3. The highest BCUT2D eigenvalue weighted by atomic mass is 16.4. The SMILES string of the molecule is Nc1cc(=O)c2c(=O)n(-c3ccccc3)[nH]c2o1. The summed E-state index contributed by atoms with van der Waals surface area (Å²) in [5.74, 6) is -0.0334. The van der Waals surface area contributed by atoms with Crippen molar-refractivity contribution in [2.24, 2.45) is 0 Å². The lowest BCUT2D eigenvalue weighted by Gasteiger charge is -1.98. The van der Waals surface area contributed by atoms with Gasteiger partial charge in [0.1, 0.15) is 0 Å². The van der Waals surface area contributed by atoms with Crippen LogP contribution < -0.4 is 16.7 Å². The second-order valence-corrected chi connectivity index (χ2v) is 3.81. The number of aromatic amines is 1. The molecule has 0 atom stereocenters. The van der Waals surface area contributed by atoms with Crippen molar-refractivity contribution in [3.05, 3.63) is 57.0 Å². The lowest BCUT2D eigenvalue weighted by Crippen LogP contribution is -2.17. The van der Waals surface area contributed by atoms with Gasteiger partial charge in [-0.15, -0.1) is 0 Å². The van der Waals surface area contributed by atoms with Crippen LogP contribution in [0.5, 0.6) is 0 Å². The maximum Gasteiger partial charge on any atom is 0.286 e. The van der Waals surface area contributed by atoms with E-state index in [1.165, 1.54) is 4.68 Å². The van der Waals surface area contributed by atoms with Gasteiger partial charge in [-0.1, -0.05) is 18.2 Å². The molecule has 0 bridgehead atoms. The molecule has 3 aromatic rings. The molecule has 0 fully saturated rings. The summed E-state index contributed by atoms with van der Waals surface area (Å²) < 4.78 is 6.37. The lowest BCUT2D eigenvalue weighted by molar-refractivity contribution is 0.603. The number of anilines is 1. The molecule has 0 saturated carbocycles. The van der Waals surface area contributed by atoms with Gasteiger partial charge in [0, 0.05) is 6.07 Å². The van der Waals surface area contributed by atoms with E-state index in [1.54, 1.807) is 24.3 Å². The molecule has 0 aliphatic heterocycles. The number of para-hydroxylation sites is 1. The molecule has 6 heteroatoms. The highest BCUT2D eigenvalue weighted by molar-refractivity contribution is 5.73. The highest BCUT2D eigenvalue weighted by Crippen LogP contribution is 2.10. The minimum atomic E-state index is -0.454. The maximum atomic E-state index is 12.1. The van der Waals surface area contributed by atoms with Crippen LogP contribution in [-0.2, 0) is 0 Å². The zero-order valence-electron chi connectivity index (χ0n) is 9.21. The van der Waals surface area contributed by atoms with Crippen LogP contribution in [0, 0.1) is 0 Å². The number of nitrogens with one attached hydrogen (secondary N) is 1. The molecule has 90 valence electrons. The fraction of sp³-hybridized carbons (Fsp3) is 0. The molecule has 3 N–H and O–H groups in total. The highest BCUT2D eigenvalue weighted by Gasteiger charge is 2.13. The molecule has 0 unspecified atom stereocenters. The summed E-state index contributed by atoms with van der Waals surface area (Å²) in [7, 11) is 0. The molecule has 0 radical (unpaired) electrons. The molecule has 18 heavy (non-hydrogen) atoms. The van der Waals surface area contributed by atoms with Crippen LogP contribution in [-0.4, -0.2) is 9.78 Å². The summed E-state index contributed by atoms with van der Waals surface area (Å²) in [4.78, 5) is 23.8. The summed E-state index contributed by atoms with van der Waals surface area (Å²) >= 11 is 0. The Morgan fingerprint density at radius 1 is 1.17 bits per heavy atom. The van der Waals surface area contributed by atoms with E-state index in [9.17, 15) is 9.59 Å². The molecular weight excluding hydrogens is 234 g/mol. The Balaban J connectivity index is 2.41. The summed E-state index contributed by atoms with van der Waals surface area (Å²) in [6.07, 6.45) is 0. The van der Waals surface area contributed by atoms with Crippen LogP contribution in [0.25, 0.3) is 16.8 Å². The van der Waals surface area contributed by atoms with Gasteiger partial charge in [0.05, 0.1) is 5.69 Å². The van der Waals surface area contributed by atoms with E-state index < -0.39 is 11.0 Å². The first-order chi connectivity index (χ1) is 8.66. The third kappa shape index (κ3) is 1.43. The number of H-pyrrole nitrogens is 1. The maximum absolute atomic E-state index is 12.1. The van der Waals surface area contributed by atoms with E-state index in [-0.39, 0.29) is 17.0 Å². The molecule has 0 aliphatic carbocycles. The second-order valence-electron chi connectivity index (χ2n) is 3.81. The van der Waals surface area contributed by atoms with Gasteiger partial charge in [-0.2, -0.15) is 0 Å². The van der Waals surface area contributed by atoms with Crippen molar-refractivity contribution in [3.63, 3.8) is 0 Å². The molecule has 0 saturated heterocycles. The first-order valence-corrected chi connectivity index (χ1v) is 5.26. The zero-order valence-corrected chi connectivity index (χ0v) is 9.21. The first kappa shape index (κ1) is 10.4. The Bertz CT molecular complexity index is 827. The first-order valence-electron chi connectivity index (χ1n) is 5.26. The van der Waals surface area contributed by atoms with Gasteiger partial charge < -0.3 is 10.2 Å². The molecule has 0 amide bonds. The standard InChI is InChI=1S/C12H9N3O3/c13-9-6-8(16)10-11(18-9)14-15(12(10)17)7-4-2-1-3-5-7/h1-6,14H,13H2. The van der Waals surface area contributed by atoms with Crippen LogP contribution in [0.3, 0.4) is 0 Å². The lowest BCUT2D eigenvalue weighted by atomic mass is 10.3. The number of fused-ring (bicyclic) bond motifs is 1. The minimum absolute atomic E-state index is 0.0334. The monoisotopic (exact) mass is 243 g/mol. The van der Waals surface area contributed by atoms with E-state index >= 15 is 0 Å². The predicted octanol–water partition coefficient (Wildman–Crippen LogP) is 0.854. The van der Waals surface area contributed by atoms with Crippen molar-refractivity contribution in [3.8, 4) is 5.69 Å². The summed E-state index contributed by atoms with van der Waals surface area (Å²) in [5.41, 5.74) is 5.21. The van der Waals surface area contributed by atoms with E-state index in [2.05, 4.69) is 5.10 Å². The Morgan fingerprint density at radius 2 is 1.89 bits per heavy atom. The van der Waals surface area contributed by atoms with Crippen LogP contribution in [0.4, 0.5) is 5.88 Å². The largest absolute Gasteiger partial charge is 0.423 e. The summed E-state index contributed by atoms with van der Waals surface area (Å²) in [5, 5.41) is 2.69. The van der Waals surface area contributed by atoms with Gasteiger partial charge in [0.25, 0.3) is 5.56 Å². The van der Waals surface area contributed by atoms with E-state index in [0.29, 0.717) is 5.69 Å². The van der Waals surface area contributed by atoms with Gasteiger partial charge in [0.2, 0.25) is 11.1 Å². The van der Waals surface area contributed by atoms with Crippen molar-refractivity contribution in [2.75, 3.05) is 5.73 Å². The number of benzene rings is 1. The molecule has 0 spiro atoms. The van der Waals surface area contributed by atoms with Crippen molar-refractivity contribution in [1.29, 1.82) is 0 Å². The van der Waals surface area contributed by atoms with Crippen LogP contribution in [0.1, 0.15) is 0 Å². The number of aromatic nitrogens is 2. The smallest absolute Gasteiger partial charge is 0.286 e. The number of nitrogen functional groups attached to an aromatic ring is 1. The average molecular weight is 243 g/mol. The van der Waals surface area contributed by atoms with Crippen LogP contribution >= 0.6 is 0 Å². The number of nitrogens with two attached hydrogens (primary N) is 1. The molecule has 2 heterocycles. The third-order valence-electron chi connectivity index (χ3n) is 2.61. The van der Waals surface area contributed by atoms with Crippen molar-refractivity contribution in [1.82, 2.24) is 9.78 Å². The minimum Gasteiger partial charge on any atom is -0.423 e. The Hall–Kier alpha value is -2.76. The number of nitrogens with zero attached hydrogens (tertiary/aromatic N) is 1. The van der Waals surface area contributed by atoms with Crippen LogP contribution in [0.15, 0.2) is 50.4 Å². The van der Waals surface area contributed by atoms with Gasteiger partial charge in [-0.05, 0) is 12.1 Å². The number of hydrogen-bond acceptors (Lipinski definition) is 4. The zero-order chi connectivity index (χ0) is 12.7. The normalized spacial score (nSPS) is 10.9. The molecule has 6 nitrogen and oxygen atoms in total. The van der Waals surface area contributed by atoms with Crippen molar-refractivity contribution in [2.45, 2.75) is 0 Å². The topological polar surface area (TPSA) is 94.0 Å². The number of hydrogen-bond donors (Lipinski definition) is 2. The predicted molar refractivity (Wildman–Crippen MR) is 66.8 cm³/mol. The summed E-state index contributed by atoms with van der Waals surface area (Å²) in [6, 6.07) is 9.98. The van der Waals surface area contributed by atoms with Gasteiger partial charge >= 0.3 is 0 Å². The fourth-order valence-electron chi connectivity index (χ4n) is 1.82. The molecule has 1 aromatic carbocycles. The second kappa shape index (κ2) is 3.63. The fourth-order valence-corrected chi connectivity index (χ4v) is 1.82. The van der Waals surface area contributed by atoms with E-state index in [1.807, 2.05) is 6.07 Å². The molecule has 2 aromatic heterocycles. The Labute approximate surface area is 100 Å². The Kier molecular flexibility index (Phi) is 2.09.